The number of hydrogen-bond donors (Lipinski definition) is 1. The molecule has 1 amide bonds. The fraction of sp³-hybridized carbons (Fsp3) is 0. The van der Waals surface area contributed by atoms with Crippen molar-refractivity contribution in [1.82, 2.24) is 0 Å². The molecular weight excluding hydrogens is 185 g/mol. The van der Waals surface area contributed by atoms with E-state index in [1.165, 1.54) is 0 Å². The van der Waals surface area contributed by atoms with E-state index < -0.39 is 0 Å². The van der Waals surface area contributed by atoms with Gasteiger partial charge in [0.2, 0.25) is 0 Å². The molecule has 0 fully saturated rings. The van der Waals surface area contributed by atoms with Crippen LogP contribution in [0.15, 0.2) is 60.7 Å². The van der Waals surface area contributed by atoms with Crippen LogP contribution >= 0.6 is 0 Å². The summed E-state index contributed by atoms with van der Waals surface area (Å²) in [6.07, 6.45) is 0. The molecule has 0 aliphatic carbocycles. The Bertz CT molecular complexity index is 437. The number of amides is 1. The van der Waals surface area contributed by atoms with E-state index >= 15 is 0 Å². The van der Waals surface area contributed by atoms with Gasteiger partial charge in [0.25, 0.3) is 5.91 Å². The van der Waals surface area contributed by atoms with Crippen molar-refractivity contribution in [2.24, 2.45) is 0 Å². The van der Waals surface area contributed by atoms with Crippen molar-refractivity contribution in [3.63, 3.8) is 0 Å². The van der Waals surface area contributed by atoms with Gasteiger partial charge in [-0.2, -0.15) is 0 Å². The molecule has 0 spiro atoms. The molecule has 0 bridgehead atoms. The van der Waals surface area contributed by atoms with Crippen molar-refractivity contribution in [3.05, 3.63) is 66.2 Å². The largest absolute Gasteiger partial charge is 0.322 e. The summed E-state index contributed by atoms with van der Waals surface area (Å²) in [6, 6.07) is 18.6. The number of carbonyl (C=O) groups is 1. The van der Waals surface area contributed by atoms with Gasteiger partial charge in [0.15, 0.2) is 0 Å². The molecule has 2 aromatic carbocycles. The van der Waals surface area contributed by atoms with E-state index in [0.29, 0.717) is 5.56 Å². The number of rotatable bonds is 2. The minimum atomic E-state index is -0.0817. The molecule has 74 valence electrons. The average molecular weight is 196 g/mol. The Morgan fingerprint density at radius 2 is 1.33 bits per heavy atom. The zero-order valence-corrected chi connectivity index (χ0v) is 8.18. The third kappa shape index (κ3) is 2.44. The van der Waals surface area contributed by atoms with Crippen LogP contribution < -0.4 is 5.32 Å². The quantitative estimate of drug-likeness (QED) is 0.786. The third-order valence-corrected chi connectivity index (χ3v) is 2.07. The van der Waals surface area contributed by atoms with Gasteiger partial charge in [-0.25, -0.2) is 0 Å². The molecule has 2 heteroatoms. The third-order valence-electron chi connectivity index (χ3n) is 2.07. The molecule has 0 radical (unpaired) electrons. The highest BCUT2D eigenvalue weighted by atomic mass is 16.1. The Kier molecular flexibility index (Phi) is 2.79. The van der Waals surface area contributed by atoms with Gasteiger partial charge in [-0.3, -0.25) is 4.79 Å². The van der Waals surface area contributed by atoms with Crippen molar-refractivity contribution < 1.29 is 4.79 Å². The highest BCUT2D eigenvalue weighted by Crippen LogP contribution is 2.07. The van der Waals surface area contributed by atoms with Crippen LogP contribution in [0.3, 0.4) is 0 Å². The Labute approximate surface area is 88.6 Å². The highest BCUT2D eigenvalue weighted by molar-refractivity contribution is 6.04. The normalized spacial score (nSPS) is 9.60. The summed E-state index contributed by atoms with van der Waals surface area (Å²) < 4.78 is 0. The van der Waals surface area contributed by atoms with Gasteiger partial charge < -0.3 is 5.32 Å². The van der Waals surface area contributed by atoms with E-state index in [0.717, 1.165) is 5.69 Å². The second kappa shape index (κ2) is 4.42. The number of hydrogen-bond acceptors (Lipinski definition) is 1. The molecule has 2 rings (SSSR count). The smallest absolute Gasteiger partial charge is 0.255 e. The highest BCUT2D eigenvalue weighted by Gasteiger charge is 2.03. The zero-order valence-electron chi connectivity index (χ0n) is 8.18. The molecule has 0 atom stereocenters. The van der Waals surface area contributed by atoms with Crippen LogP contribution in [0.1, 0.15) is 10.4 Å². The van der Waals surface area contributed by atoms with Crippen molar-refractivity contribution in [2.75, 3.05) is 5.32 Å². The molecule has 2 aromatic rings. The first-order chi connectivity index (χ1) is 7.36. The van der Waals surface area contributed by atoms with Crippen molar-refractivity contribution >= 4 is 11.6 Å². The summed E-state index contributed by atoms with van der Waals surface area (Å²) in [4.78, 5) is 11.7. The summed E-state index contributed by atoms with van der Waals surface area (Å²) in [6.45, 7) is 0. The van der Waals surface area contributed by atoms with Gasteiger partial charge >= 0.3 is 0 Å². The lowest BCUT2D eigenvalue weighted by molar-refractivity contribution is 0.102. The maximum Gasteiger partial charge on any atom is 0.255 e. The summed E-state index contributed by atoms with van der Waals surface area (Å²) >= 11 is 0. The van der Waals surface area contributed by atoms with E-state index in [4.69, 9.17) is 0 Å². The zero-order chi connectivity index (χ0) is 10.5. The Morgan fingerprint density at radius 3 is 1.93 bits per heavy atom. The molecule has 0 unspecified atom stereocenters. The number of carbonyl (C=O) groups excluding carboxylic acids is 1. The van der Waals surface area contributed by atoms with Gasteiger partial charge in [-0.15, -0.1) is 0 Å². The minimum Gasteiger partial charge on any atom is -0.322 e. The molecule has 0 aromatic heterocycles. The Balaban J connectivity index is 2.12. The molecule has 0 saturated heterocycles. The van der Waals surface area contributed by atoms with E-state index in [-0.39, 0.29) is 5.91 Å². The molecule has 2 nitrogen and oxygen atoms in total. The van der Waals surface area contributed by atoms with Crippen LogP contribution in [-0.2, 0) is 0 Å². The van der Waals surface area contributed by atoms with Crippen LogP contribution in [0.5, 0.6) is 0 Å². The van der Waals surface area contributed by atoms with Crippen LogP contribution in [0.4, 0.5) is 5.69 Å². The van der Waals surface area contributed by atoms with Crippen molar-refractivity contribution in [1.29, 1.82) is 0 Å². The lowest BCUT2D eigenvalue weighted by Crippen LogP contribution is -2.11. The summed E-state index contributed by atoms with van der Waals surface area (Å²) in [5.41, 5.74) is 1.48. The number of anilines is 1. The summed E-state index contributed by atoms with van der Waals surface area (Å²) in [5.74, 6) is -0.0817. The molecule has 0 saturated carbocycles. The van der Waals surface area contributed by atoms with E-state index in [1.54, 1.807) is 12.1 Å². The van der Waals surface area contributed by atoms with Gasteiger partial charge in [0.1, 0.15) is 0 Å². The molecule has 1 N–H and O–H groups in total. The maximum absolute atomic E-state index is 11.7. The van der Waals surface area contributed by atoms with E-state index in [2.05, 4.69) is 5.32 Å². The Hall–Kier alpha value is -2.09. The van der Waals surface area contributed by atoms with Crippen molar-refractivity contribution in [2.45, 2.75) is 0 Å². The first kappa shape index (κ1) is 9.46. The van der Waals surface area contributed by atoms with Crippen LogP contribution in [-0.4, -0.2) is 5.91 Å². The first-order valence-corrected chi connectivity index (χ1v) is 4.78. The maximum atomic E-state index is 11.7. The standard InChI is InChI=1S/C13H11NO/c15-13(11-7-3-1-4-8-11)14-12-9-5-2-6-10-12/h1-10H,(H,14,15)/i13-1. The lowest BCUT2D eigenvalue weighted by Gasteiger charge is -2.03. The Morgan fingerprint density at radius 1 is 0.800 bits per heavy atom. The van der Waals surface area contributed by atoms with E-state index in [9.17, 15) is 4.79 Å². The minimum absolute atomic E-state index is 0.0817. The molecule has 0 aliphatic rings. The fourth-order valence-electron chi connectivity index (χ4n) is 1.31. The molecule has 0 heterocycles. The van der Waals surface area contributed by atoms with Crippen LogP contribution in [0, 0.1) is 0 Å². The summed E-state index contributed by atoms with van der Waals surface area (Å²) in [5, 5.41) is 2.82. The fourth-order valence-corrected chi connectivity index (χ4v) is 1.31. The molecular formula is C13H11NO. The van der Waals surface area contributed by atoms with Gasteiger partial charge in [0.05, 0.1) is 0 Å². The van der Waals surface area contributed by atoms with Crippen LogP contribution in [0.2, 0.25) is 0 Å². The number of benzene rings is 2. The van der Waals surface area contributed by atoms with Gasteiger partial charge in [-0.05, 0) is 24.3 Å². The second-order valence-corrected chi connectivity index (χ2v) is 3.19. The van der Waals surface area contributed by atoms with E-state index in [1.807, 2.05) is 48.5 Å². The number of para-hydroxylation sites is 1. The second-order valence-electron chi connectivity index (χ2n) is 3.19. The predicted octanol–water partition coefficient (Wildman–Crippen LogP) is 2.94. The molecule has 0 aliphatic heterocycles. The summed E-state index contributed by atoms with van der Waals surface area (Å²) in [7, 11) is 0. The lowest BCUT2D eigenvalue weighted by atomic mass is 9.88. The average Bonchev–Trinajstić information content (AvgIpc) is 2.31. The monoisotopic (exact) mass is 196 g/mol. The molecule has 15 heavy (non-hydrogen) atoms. The predicted molar refractivity (Wildman–Crippen MR) is 60.8 cm³/mol. The SMILES string of the molecule is O=[11C](Nc1ccccc1)c1ccccc1. The topological polar surface area (TPSA) is 29.1 Å². The van der Waals surface area contributed by atoms with Crippen LogP contribution in [0.25, 0.3) is 0 Å². The van der Waals surface area contributed by atoms with Gasteiger partial charge in [-0.1, -0.05) is 36.4 Å². The van der Waals surface area contributed by atoms with Crippen molar-refractivity contribution in [3.8, 4) is 0 Å². The number of nitrogens with one attached hydrogen (secondary N) is 1. The van der Waals surface area contributed by atoms with Gasteiger partial charge in [0, 0.05) is 11.3 Å². The first-order valence-electron chi connectivity index (χ1n) is 4.78.